The minimum absolute atomic E-state index is 0.0742. The van der Waals surface area contributed by atoms with Crippen LogP contribution in [0.2, 0.25) is 0 Å². The van der Waals surface area contributed by atoms with Gasteiger partial charge in [0.05, 0.1) is 0 Å². The van der Waals surface area contributed by atoms with Crippen LogP contribution in [0.4, 0.5) is 0 Å². The molecule has 0 fully saturated rings. The second kappa shape index (κ2) is 71.1. The first-order valence-corrected chi connectivity index (χ1v) is 36.1. The van der Waals surface area contributed by atoms with Crippen LogP contribution in [0.3, 0.4) is 0 Å². The molecule has 0 aromatic heterocycles. The predicted molar refractivity (Wildman–Crippen MR) is 362 cm³/mol. The minimum atomic E-state index is -0.780. The van der Waals surface area contributed by atoms with E-state index in [2.05, 4.69) is 106 Å². The summed E-state index contributed by atoms with van der Waals surface area (Å²) in [5.74, 6) is -0.859. The zero-order valence-corrected chi connectivity index (χ0v) is 55.2. The van der Waals surface area contributed by atoms with E-state index in [0.29, 0.717) is 19.3 Å². The van der Waals surface area contributed by atoms with Crippen molar-refractivity contribution in [1.82, 2.24) is 0 Å². The summed E-state index contributed by atoms with van der Waals surface area (Å²) in [4.78, 5) is 38.5. The van der Waals surface area contributed by atoms with Crippen LogP contribution in [0.15, 0.2) is 85.1 Å². The normalized spacial score (nSPS) is 12.6. The van der Waals surface area contributed by atoms with E-state index in [4.69, 9.17) is 14.2 Å². The van der Waals surface area contributed by atoms with Gasteiger partial charge in [-0.2, -0.15) is 0 Å². The summed E-state index contributed by atoms with van der Waals surface area (Å²) in [6, 6.07) is 0. The highest BCUT2D eigenvalue weighted by atomic mass is 16.6. The third-order valence-electron chi connectivity index (χ3n) is 15.9. The molecule has 0 aromatic rings. The molecule has 0 spiro atoms. The maximum absolute atomic E-state index is 13.0. The SMILES string of the molecule is CC/C=C\C/C=C\C/C=C\C/C=C\C/C=C\CCCCCCCCCCCC(=O)OCC(COC(=O)CCCCCCCCCCCCCCCCC)OC(=O)CCCCCCCCCCCCCCC/C=C\C/C=C\CCCCCCC. The fraction of sp³-hybridized carbons (Fsp3) is 0.779. The molecule has 6 nitrogen and oxygen atoms in total. The maximum Gasteiger partial charge on any atom is 0.306 e. The second-order valence-electron chi connectivity index (χ2n) is 24.1. The molecule has 6 heteroatoms. The summed E-state index contributed by atoms with van der Waals surface area (Å²) >= 11 is 0. The molecule has 0 rings (SSSR count). The van der Waals surface area contributed by atoms with Crippen molar-refractivity contribution in [3.63, 3.8) is 0 Å². The van der Waals surface area contributed by atoms with E-state index in [1.54, 1.807) is 0 Å². The van der Waals surface area contributed by atoms with Crippen molar-refractivity contribution in [2.24, 2.45) is 0 Å². The predicted octanol–water partition coefficient (Wildman–Crippen LogP) is 25.0. The lowest BCUT2D eigenvalue weighted by atomic mass is 10.0. The number of hydrogen-bond acceptors (Lipinski definition) is 6. The summed E-state index contributed by atoms with van der Waals surface area (Å²) in [5.41, 5.74) is 0. The van der Waals surface area contributed by atoms with Crippen LogP contribution in [0, 0.1) is 0 Å². The molecule has 0 aliphatic heterocycles. The monoisotopic (exact) mass is 1160 g/mol. The molecule has 0 aliphatic rings. The number of hydrogen-bond donors (Lipinski definition) is 0. The highest BCUT2D eigenvalue weighted by Crippen LogP contribution is 2.18. The van der Waals surface area contributed by atoms with E-state index in [0.717, 1.165) is 103 Å². The van der Waals surface area contributed by atoms with Gasteiger partial charge in [0, 0.05) is 19.3 Å². The zero-order valence-electron chi connectivity index (χ0n) is 55.2. The highest BCUT2D eigenvalue weighted by molar-refractivity contribution is 5.71. The lowest BCUT2D eigenvalue weighted by Gasteiger charge is -2.18. The van der Waals surface area contributed by atoms with Gasteiger partial charge < -0.3 is 14.2 Å². The Morgan fingerprint density at radius 2 is 0.470 bits per heavy atom. The molecule has 0 amide bonds. The zero-order chi connectivity index (χ0) is 59.9. The first-order chi connectivity index (χ1) is 41.0. The quantitative estimate of drug-likeness (QED) is 0.0261. The Labute approximate surface area is 515 Å². The minimum Gasteiger partial charge on any atom is -0.462 e. The third-order valence-corrected chi connectivity index (χ3v) is 15.9. The average molecular weight is 1160 g/mol. The first kappa shape index (κ1) is 79.6. The Kier molecular flexibility index (Phi) is 68.2. The van der Waals surface area contributed by atoms with Gasteiger partial charge in [-0.05, 0) is 96.3 Å². The summed E-state index contributed by atoms with van der Waals surface area (Å²) in [6.07, 6.45) is 94.6. The lowest BCUT2D eigenvalue weighted by molar-refractivity contribution is -0.167. The molecule has 0 radical (unpaired) electrons. The summed E-state index contributed by atoms with van der Waals surface area (Å²) < 4.78 is 17.0. The van der Waals surface area contributed by atoms with Crippen molar-refractivity contribution in [1.29, 1.82) is 0 Å². The summed E-state index contributed by atoms with van der Waals surface area (Å²) in [5, 5.41) is 0. The molecule has 480 valence electrons. The topological polar surface area (TPSA) is 78.9 Å². The Hall–Kier alpha value is -3.41. The van der Waals surface area contributed by atoms with Gasteiger partial charge in [-0.15, -0.1) is 0 Å². The van der Waals surface area contributed by atoms with E-state index >= 15 is 0 Å². The van der Waals surface area contributed by atoms with E-state index in [9.17, 15) is 14.4 Å². The fourth-order valence-corrected chi connectivity index (χ4v) is 10.5. The first-order valence-electron chi connectivity index (χ1n) is 36.1. The molecule has 0 aromatic carbocycles. The van der Waals surface area contributed by atoms with Gasteiger partial charge in [-0.25, -0.2) is 0 Å². The van der Waals surface area contributed by atoms with Gasteiger partial charge in [0.1, 0.15) is 13.2 Å². The molecule has 0 saturated heterocycles. The third kappa shape index (κ3) is 69.3. The largest absolute Gasteiger partial charge is 0.462 e. The smallest absolute Gasteiger partial charge is 0.306 e. The Balaban J connectivity index is 4.32. The number of esters is 3. The van der Waals surface area contributed by atoms with Gasteiger partial charge in [-0.3, -0.25) is 14.4 Å². The van der Waals surface area contributed by atoms with Gasteiger partial charge in [0.25, 0.3) is 0 Å². The molecule has 1 unspecified atom stereocenters. The Morgan fingerprint density at radius 1 is 0.253 bits per heavy atom. The molecule has 0 bridgehead atoms. The van der Waals surface area contributed by atoms with Crippen LogP contribution in [-0.4, -0.2) is 37.2 Å². The average Bonchev–Trinajstić information content (AvgIpc) is 3.49. The number of carbonyl (C=O) groups excluding carboxylic acids is 3. The molecule has 0 saturated carbocycles. The van der Waals surface area contributed by atoms with Crippen LogP contribution in [-0.2, 0) is 28.6 Å². The van der Waals surface area contributed by atoms with Crippen molar-refractivity contribution in [2.45, 2.75) is 374 Å². The Morgan fingerprint density at radius 3 is 0.735 bits per heavy atom. The lowest BCUT2D eigenvalue weighted by Crippen LogP contribution is -2.30. The molecular weight excluding hydrogens is 1020 g/mol. The van der Waals surface area contributed by atoms with Gasteiger partial charge in [0.15, 0.2) is 6.10 Å². The molecule has 1 atom stereocenters. The number of rotatable bonds is 66. The van der Waals surface area contributed by atoms with Crippen LogP contribution in [0.1, 0.15) is 367 Å². The van der Waals surface area contributed by atoms with Crippen molar-refractivity contribution in [2.75, 3.05) is 13.2 Å². The van der Waals surface area contributed by atoms with Gasteiger partial charge in [-0.1, -0.05) is 337 Å². The van der Waals surface area contributed by atoms with Crippen LogP contribution >= 0.6 is 0 Å². The van der Waals surface area contributed by atoms with Crippen LogP contribution in [0.25, 0.3) is 0 Å². The summed E-state index contributed by atoms with van der Waals surface area (Å²) in [6.45, 7) is 6.57. The number of allylic oxidation sites excluding steroid dienone is 14. The number of unbranched alkanes of at least 4 members (excludes halogenated alkanes) is 41. The van der Waals surface area contributed by atoms with Crippen LogP contribution < -0.4 is 0 Å². The van der Waals surface area contributed by atoms with E-state index < -0.39 is 6.10 Å². The number of ether oxygens (including phenoxy) is 3. The van der Waals surface area contributed by atoms with Crippen molar-refractivity contribution < 1.29 is 28.6 Å². The maximum atomic E-state index is 13.0. The molecule has 0 aliphatic carbocycles. The van der Waals surface area contributed by atoms with Crippen LogP contribution in [0.5, 0.6) is 0 Å². The van der Waals surface area contributed by atoms with E-state index in [1.165, 1.54) is 225 Å². The number of carbonyl (C=O) groups is 3. The van der Waals surface area contributed by atoms with E-state index in [1.807, 2.05) is 0 Å². The van der Waals surface area contributed by atoms with Gasteiger partial charge >= 0.3 is 17.9 Å². The second-order valence-corrected chi connectivity index (χ2v) is 24.1. The Bertz CT molecular complexity index is 1570. The molecule has 83 heavy (non-hydrogen) atoms. The molecule has 0 heterocycles. The van der Waals surface area contributed by atoms with Crippen molar-refractivity contribution in [3.8, 4) is 0 Å². The molecule has 0 N–H and O–H groups in total. The summed E-state index contributed by atoms with van der Waals surface area (Å²) in [7, 11) is 0. The van der Waals surface area contributed by atoms with Crippen molar-refractivity contribution >= 4 is 17.9 Å². The van der Waals surface area contributed by atoms with Crippen molar-refractivity contribution in [3.05, 3.63) is 85.1 Å². The van der Waals surface area contributed by atoms with E-state index in [-0.39, 0.29) is 31.1 Å². The fourth-order valence-electron chi connectivity index (χ4n) is 10.5. The molecular formula is C77H136O6. The van der Waals surface area contributed by atoms with Gasteiger partial charge in [0.2, 0.25) is 0 Å². The standard InChI is InChI=1S/C77H136O6/c1-4-7-10-13-16-19-22-25-28-30-32-34-36-38-40-42-44-46-49-52-55-58-61-64-67-70-76(79)82-73-74(72-81-75(78)69-66-63-60-57-54-51-48-27-24-21-18-15-12-9-6-3)83-77(80)71-68-65-62-59-56-53-50-47-45-43-41-39-37-35-33-31-29-26-23-20-17-14-11-8-5-2/h7,10,16,19,23,25-26,28,31-34,38,40,74H,4-6,8-9,11-15,17-18,20-22,24,27,29-30,35-37,39,41-73H2,1-3H3/b10-7-,19-16-,26-23-,28-25-,33-31-,34-32-,40-38-. The highest BCUT2D eigenvalue weighted by Gasteiger charge is 2.19.